The van der Waals surface area contributed by atoms with E-state index in [0.29, 0.717) is 5.69 Å². The average molecular weight is 350 g/mol. The smallest absolute Gasteiger partial charge is 0.274 e. The Balaban J connectivity index is 2.10. The highest BCUT2D eigenvalue weighted by molar-refractivity contribution is 5.99. The maximum atomic E-state index is 12.5. The summed E-state index contributed by atoms with van der Waals surface area (Å²) in [5, 5.41) is 10.6. The SMILES string of the molecule is CCc1cccc(-n2nnc(C(=O)NCC(N)=O)c2-c2ccncc2)c1. The van der Waals surface area contributed by atoms with E-state index in [4.69, 9.17) is 5.73 Å². The molecule has 0 fully saturated rings. The van der Waals surface area contributed by atoms with Gasteiger partial charge in [-0.05, 0) is 36.2 Å². The number of aromatic nitrogens is 4. The van der Waals surface area contributed by atoms with Crippen LogP contribution in [0.4, 0.5) is 0 Å². The number of nitrogens with zero attached hydrogens (tertiary/aromatic N) is 4. The van der Waals surface area contributed by atoms with Crippen LogP contribution < -0.4 is 11.1 Å². The number of carbonyl (C=O) groups is 2. The lowest BCUT2D eigenvalue weighted by Gasteiger charge is -2.09. The fourth-order valence-corrected chi connectivity index (χ4v) is 2.54. The van der Waals surface area contributed by atoms with Crippen molar-refractivity contribution in [2.24, 2.45) is 5.73 Å². The summed E-state index contributed by atoms with van der Waals surface area (Å²) in [6.45, 7) is 1.79. The Morgan fingerprint density at radius 3 is 2.65 bits per heavy atom. The number of amides is 2. The van der Waals surface area contributed by atoms with Crippen LogP contribution in [0, 0.1) is 0 Å². The van der Waals surface area contributed by atoms with Gasteiger partial charge < -0.3 is 11.1 Å². The Hall–Kier alpha value is -3.55. The third-order valence-corrected chi connectivity index (χ3v) is 3.83. The predicted octanol–water partition coefficient (Wildman–Crippen LogP) is 1.11. The molecule has 0 aliphatic heterocycles. The predicted molar refractivity (Wildman–Crippen MR) is 95.5 cm³/mol. The molecule has 2 heterocycles. The second-order valence-corrected chi connectivity index (χ2v) is 5.61. The van der Waals surface area contributed by atoms with Crippen LogP contribution in [0.3, 0.4) is 0 Å². The van der Waals surface area contributed by atoms with E-state index >= 15 is 0 Å². The minimum Gasteiger partial charge on any atom is -0.368 e. The fourth-order valence-electron chi connectivity index (χ4n) is 2.54. The van der Waals surface area contributed by atoms with Crippen LogP contribution >= 0.6 is 0 Å². The summed E-state index contributed by atoms with van der Waals surface area (Å²) in [6, 6.07) is 11.4. The molecule has 2 amide bonds. The number of hydrogen-bond donors (Lipinski definition) is 2. The molecule has 0 radical (unpaired) electrons. The van der Waals surface area contributed by atoms with Gasteiger partial charge >= 0.3 is 0 Å². The van der Waals surface area contributed by atoms with Crippen molar-refractivity contribution in [3.8, 4) is 16.9 Å². The molecule has 1 aromatic carbocycles. The van der Waals surface area contributed by atoms with Gasteiger partial charge in [-0.2, -0.15) is 0 Å². The lowest BCUT2D eigenvalue weighted by molar-refractivity contribution is -0.117. The number of hydrogen-bond acceptors (Lipinski definition) is 5. The van der Waals surface area contributed by atoms with E-state index in [-0.39, 0.29) is 12.2 Å². The van der Waals surface area contributed by atoms with Crippen molar-refractivity contribution >= 4 is 11.8 Å². The summed E-state index contributed by atoms with van der Waals surface area (Å²) in [4.78, 5) is 27.4. The molecule has 0 atom stereocenters. The first-order chi connectivity index (χ1) is 12.6. The largest absolute Gasteiger partial charge is 0.368 e. The van der Waals surface area contributed by atoms with E-state index in [1.165, 1.54) is 0 Å². The van der Waals surface area contributed by atoms with Crippen molar-refractivity contribution < 1.29 is 9.59 Å². The molecule has 0 saturated carbocycles. The Bertz CT molecular complexity index is 936. The van der Waals surface area contributed by atoms with Crippen molar-refractivity contribution in [2.75, 3.05) is 6.54 Å². The Morgan fingerprint density at radius 1 is 1.19 bits per heavy atom. The van der Waals surface area contributed by atoms with Gasteiger partial charge in [0.1, 0.15) is 5.69 Å². The molecule has 0 bridgehead atoms. The average Bonchev–Trinajstić information content (AvgIpc) is 3.12. The number of carbonyl (C=O) groups excluding carboxylic acids is 2. The normalized spacial score (nSPS) is 10.5. The maximum Gasteiger partial charge on any atom is 0.274 e. The van der Waals surface area contributed by atoms with Gasteiger partial charge in [0.05, 0.1) is 12.2 Å². The van der Waals surface area contributed by atoms with Crippen LogP contribution in [0.2, 0.25) is 0 Å². The summed E-state index contributed by atoms with van der Waals surface area (Å²) >= 11 is 0. The molecule has 3 N–H and O–H groups in total. The van der Waals surface area contributed by atoms with Crippen LogP contribution in [0.5, 0.6) is 0 Å². The molecule has 0 aliphatic carbocycles. The Labute approximate surface area is 150 Å². The zero-order chi connectivity index (χ0) is 18.5. The monoisotopic (exact) mass is 350 g/mol. The molecule has 2 aromatic heterocycles. The lowest BCUT2D eigenvalue weighted by Crippen LogP contribution is -2.33. The van der Waals surface area contributed by atoms with E-state index in [1.54, 1.807) is 29.2 Å². The van der Waals surface area contributed by atoms with Gasteiger partial charge in [0.15, 0.2) is 5.69 Å². The first-order valence-corrected chi connectivity index (χ1v) is 8.12. The highest BCUT2D eigenvalue weighted by Gasteiger charge is 2.22. The first-order valence-electron chi connectivity index (χ1n) is 8.12. The number of primary amides is 1. The first kappa shape index (κ1) is 17.3. The minimum atomic E-state index is -0.633. The molecule has 8 nitrogen and oxygen atoms in total. The minimum absolute atomic E-state index is 0.111. The third-order valence-electron chi connectivity index (χ3n) is 3.83. The highest BCUT2D eigenvalue weighted by atomic mass is 16.2. The second kappa shape index (κ2) is 7.56. The third kappa shape index (κ3) is 3.59. The van der Waals surface area contributed by atoms with Gasteiger partial charge in [-0.15, -0.1) is 5.10 Å². The van der Waals surface area contributed by atoms with Crippen molar-refractivity contribution in [1.82, 2.24) is 25.3 Å². The molecule has 26 heavy (non-hydrogen) atoms. The number of benzene rings is 1. The second-order valence-electron chi connectivity index (χ2n) is 5.61. The summed E-state index contributed by atoms with van der Waals surface area (Å²) in [6.07, 6.45) is 4.12. The van der Waals surface area contributed by atoms with E-state index in [2.05, 4.69) is 27.5 Å². The van der Waals surface area contributed by atoms with Crippen LogP contribution in [0.25, 0.3) is 16.9 Å². The standard InChI is InChI=1S/C18H18N6O2/c1-2-12-4-3-5-14(10-12)24-17(13-6-8-20-9-7-13)16(22-23-24)18(26)21-11-15(19)25/h3-10H,2,11H2,1H3,(H2,19,25)(H,21,26). The zero-order valence-electron chi connectivity index (χ0n) is 14.2. The van der Waals surface area contributed by atoms with Gasteiger partial charge in [0.25, 0.3) is 5.91 Å². The van der Waals surface area contributed by atoms with E-state index < -0.39 is 11.8 Å². The number of pyridine rings is 1. The lowest BCUT2D eigenvalue weighted by atomic mass is 10.1. The van der Waals surface area contributed by atoms with Gasteiger partial charge in [-0.1, -0.05) is 24.3 Å². The van der Waals surface area contributed by atoms with Gasteiger partial charge in [0, 0.05) is 18.0 Å². The molecule has 132 valence electrons. The molecule has 0 unspecified atom stereocenters. The van der Waals surface area contributed by atoms with Gasteiger partial charge in [-0.25, -0.2) is 4.68 Å². The van der Waals surface area contributed by atoms with Crippen molar-refractivity contribution in [2.45, 2.75) is 13.3 Å². The molecular formula is C18H18N6O2. The molecule has 0 saturated heterocycles. The summed E-state index contributed by atoms with van der Waals surface area (Å²) < 4.78 is 1.60. The van der Waals surface area contributed by atoms with Gasteiger partial charge in [-0.3, -0.25) is 14.6 Å². The number of aryl methyl sites for hydroxylation is 1. The Kier molecular flexibility index (Phi) is 5.02. The molecule has 0 aliphatic rings. The summed E-state index contributed by atoms with van der Waals surface area (Å²) in [5.41, 5.74) is 8.38. The molecule has 3 aromatic rings. The van der Waals surface area contributed by atoms with Crippen LogP contribution in [0.1, 0.15) is 23.0 Å². The van der Waals surface area contributed by atoms with Crippen molar-refractivity contribution in [1.29, 1.82) is 0 Å². The number of nitrogens with one attached hydrogen (secondary N) is 1. The number of nitrogens with two attached hydrogens (primary N) is 1. The van der Waals surface area contributed by atoms with E-state index in [0.717, 1.165) is 23.2 Å². The Morgan fingerprint density at radius 2 is 1.96 bits per heavy atom. The molecular weight excluding hydrogens is 332 g/mol. The number of rotatable bonds is 6. The van der Waals surface area contributed by atoms with Crippen LogP contribution in [-0.2, 0) is 11.2 Å². The maximum absolute atomic E-state index is 12.5. The zero-order valence-corrected chi connectivity index (χ0v) is 14.2. The highest BCUT2D eigenvalue weighted by Crippen LogP contribution is 2.25. The summed E-state index contributed by atoms with van der Waals surface area (Å²) in [7, 11) is 0. The molecule has 0 spiro atoms. The van der Waals surface area contributed by atoms with Gasteiger partial charge in [0.2, 0.25) is 5.91 Å². The van der Waals surface area contributed by atoms with E-state index in [9.17, 15) is 9.59 Å². The fraction of sp³-hybridized carbons (Fsp3) is 0.167. The summed E-state index contributed by atoms with van der Waals surface area (Å²) in [5.74, 6) is -1.15. The van der Waals surface area contributed by atoms with Crippen LogP contribution in [0.15, 0.2) is 48.8 Å². The van der Waals surface area contributed by atoms with E-state index in [1.807, 2.05) is 24.3 Å². The molecule has 3 rings (SSSR count). The van der Waals surface area contributed by atoms with Crippen molar-refractivity contribution in [3.05, 3.63) is 60.0 Å². The van der Waals surface area contributed by atoms with Crippen LogP contribution in [-0.4, -0.2) is 38.3 Å². The quantitative estimate of drug-likeness (QED) is 0.691. The van der Waals surface area contributed by atoms with Crippen molar-refractivity contribution in [3.63, 3.8) is 0 Å². The topological polar surface area (TPSA) is 116 Å². The molecule has 8 heteroatoms.